The third-order valence-electron chi connectivity index (χ3n) is 1.95. The summed E-state index contributed by atoms with van der Waals surface area (Å²) in [4.78, 5) is 13.0. The summed E-state index contributed by atoms with van der Waals surface area (Å²) in [6.45, 7) is 10.2. The fraction of sp³-hybridized carbons (Fsp3) is 0.600. The van der Waals surface area contributed by atoms with E-state index in [0.717, 1.165) is 5.20 Å². The molecule has 0 saturated heterocycles. The van der Waals surface area contributed by atoms with Gasteiger partial charge in [0.15, 0.2) is 0 Å². The Labute approximate surface area is 81.9 Å². The van der Waals surface area contributed by atoms with Gasteiger partial charge in [-0.3, -0.25) is 4.79 Å². The average molecular weight is 197 g/mol. The lowest BCUT2D eigenvalue weighted by Crippen LogP contribution is -2.29. The second-order valence-corrected chi connectivity index (χ2v) is 9.47. The Bertz CT molecular complexity index is 244. The first-order valence-corrected chi connectivity index (χ1v) is 7.88. The van der Waals surface area contributed by atoms with Crippen LogP contribution in [-0.2, 0) is 4.79 Å². The van der Waals surface area contributed by atoms with Gasteiger partial charge in [0.1, 0.15) is 0 Å². The van der Waals surface area contributed by atoms with Gasteiger partial charge in [-0.1, -0.05) is 26.2 Å². The highest BCUT2D eigenvalue weighted by molar-refractivity contribution is 6.83. The van der Waals surface area contributed by atoms with Crippen molar-refractivity contribution in [2.24, 2.45) is 0 Å². The van der Waals surface area contributed by atoms with E-state index in [-0.39, 0.29) is 5.91 Å². The maximum absolute atomic E-state index is 11.4. The Morgan fingerprint density at radius 1 is 1.38 bits per heavy atom. The highest BCUT2D eigenvalue weighted by atomic mass is 28.3. The SMILES string of the molecule is C=C=C(CC(=O)N(C)C)[Si](C)(C)C. The van der Waals surface area contributed by atoms with E-state index in [1.807, 2.05) is 0 Å². The van der Waals surface area contributed by atoms with Gasteiger partial charge < -0.3 is 4.90 Å². The molecule has 0 aliphatic carbocycles. The van der Waals surface area contributed by atoms with Crippen LogP contribution in [-0.4, -0.2) is 33.0 Å². The molecule has 0 bridgehead atoms. The minimum absolute atomic E-state index is 0.133. The molecule has 1 amide bonds. The highest BCUT2D eigenvalue weighted by Crippen LogP contribution is 2.17. The van der Waals surface area contributed by atoms with Gasteiger partial charge in [-0.2, -0.15) is 0 Å². The molecule has 0 aromatic rings. The minimum Gasteiger partial charge on any atom is -0.349 e. The number of hydrogen-bond acceptors (Lipinski definition) is 1. The predicted octanol–water partition coefficient (Wildman–Crippen LogP) is 2.05. The summed E-state index contributed by atoms with van der Waals surface area (Å²) in [6.07, 6.45) is 0.478. The van der Waals surface area contributed by atoms with Crippen molar-refractivity contribution in [2.75, 3.05) is 14.1 Å². The minimum atomic E-state index is -1.40. The fourth-order valence-corrected chi connectivity index (χ4v) is 2.11. The zero-order chi connectivity index (χ0) is 10.6. The summed E-state index contributed by atoms with van der Waals surface area (Å²) in [5.41, 5.74) is 2.91. The molecule has 0 heterocycles. The maximum atomic E-state index is 11.4. The summed E-state index contributed by atoms with van der Waals surface area (Å²) in [5.74, 6) is 0.133. The van der Waals surface area contributed by atoms with Crippen molar-refractivity contribution < 1.29 is 4.79 Å². The summed E-state index contributed by atoms with van der Waals surface area (Å²) in [7, 11) is 2.14. The van der Waals surface area contributed by atoms with Gasteiger partial charge in [0.25, 0.3) is 0 Å². The number of rotatable bonds is 3. The molecule has 0 rings (SSSR count). The smallest absolute Gasteiger partial charge is 0.226 e. The Morgan fingerprint density at radius 2 is 1.85 bits per heavy atom. The first kappa shape index (κ1) is 12.2. The first-order valence-electron chi connectivity index (χ1n) is 4.38. The Hall–Kier alpha value is -0.793. The molecule has 2 nitrogen and oxygen atoms in total. The van der Waals surface area contributed by atoms with E-state index >= 15 is 0 Å². The maximum Gasteiger partial charge on any atom is 0.226 e. The summed E-state index contributed by atoms with van der Waals surface area (Å²) < 4.78 is 0. The normalized spacial score (nSPS) is 10.5. The zero-order valence-corrected chi connectivity index (χ0v) is 10.3. The zero-order valence-electron chi connectivity index (χ0n) is 9.27. The summed E-state index contributed by atoms with van der Waals surface area (Å²) in [6, 6.07) is 0. The van der Waals surface area contributed by atoms with E-state index < -0.39 is 8.07 Å². The molecular formula is C10H19NOSi. The Balaban J connectivity index is 4.52. The first-order chi connectivity index (χ1) is 5.79. The molecule has 0 aliphatic rings. The second kappa shape index (κ2) is 4.45. The van der Waals surface area contributed by atoms with Crippen molar-refractivity contribution in [1.29, 1.82) is 0 Å². The number of carbonyl (C=O) groups excluding carboxylic acids is 1. The van der Waals surface area contributed by atoms with E-state index in [0.29, 0.717) is 6.42 Å². The van der Waals surface area contributed by atoms with Crippen molar-refractivity contribution in [3.05, 3.63) is 17.5 Å². The monoisotopic (exact) mass is 197 g/mol. The number of hydrogen-bond donors (Lipinski definition) is 0. The topological polar surface area (TPSA) is 20.3 Å². The lowest BCUT2D eigenvalue weighted by molar-refractivity contribution is -0.127. The fourth-order valence-electron chi connectivity index (χ4n) is 0.902. The predicted molar refractivity (Wildman–Crippen MR) is 59.3 cm³/mol. The average Bonchev–Trinajstić information content (AvgIpc) is 1.96. The molecule has 0 unspecified atom stereocenters. The van der Waals surface area contributed by atoms with Crippen LogP contribution in [0.25, 0.3) is 0 Å². The van der Waals surface area contributed by atoms with Gasteiger partial charge in [-0.15, -0.1) is 5.73 Å². The van der Waals surface area contributed by atoms with Crippen LogP contribution in [0.2, 0.25) is 19.6 Å². The molecule has 13 heavy (non-hydrogen) atoms. The van der Waals surface area contributed by atoms with Crippen molar-refractivity contribution in [3.63, 3.8) is 0 Å². The number of nitrogens with zero attached hydrogens (tertiary/aromatic N) is 1. The quantitative estimate of drug-likeness (QED) is 0.501. The van der Waals surface area contributed by atoms with Crippen LogP contribution < -0.4 is 0 Å². The van der Waals surface area contributed by atoms with E-state index in [1.54, 1.807) is 19.0 Å². The van der Waals surface area contributed by atoms with Crippen LogP contribution in [0.5, 0.6) is 0 Å². The van der Waals surface area contributed by atoms with Crippen LogP contribution >= 0.6 is 0 Å². The lowest BCUT2D eigenvalue weighted by Gasteiger charge is -2.20. The summed E-state index contributed by atoms with van der Waals surface area (Å²) in [5, 5.41) is 1.10. The standard InChI is InChI=1S/C10H19NOSi/c1-7-9(13(4,5)6)8-10(12)11(2)3/h1,8H2,2-6H3. The largest absolute Gasteiger partial charge is 0.349 e. The Morgan fingerprint density at radius 3 is 2.08 bits per heavy atom. The van der Waals surface area contributed by atoms with Crippen molar-refractivity contribution in [2.45, 2.75) is 26.1 Å². The molecule has 0 radical (unpaired) electrons. The Kier molecular flexibility index (Phi) is 4.17. The van der Waals surface area contributed by atoms with E-state index in [4.69, 9.17) is 0 Å². The summed E-state index contributed by atoms with van der Waals surface area (Å²) >= 11 is 0. The van der Waals surface area contributed by atoms with Crippen LogP contribution in [0.4, 0.5) is 0 Å². The van der Waals surface area contributed by atoms with Crippen LogP contribution in [0.15, 0.2) is 17.5 Å². The van der Waals surface area contributed by atoms with Gasteiger partial charge in [-0.25, -0.2) is 0 Å². The highest BCUT2D eigenvalue weighted by Gasteiger charge is 2.21. The molecular weight excluding hydrogens is 178 g/mol. The van der Waals surface area contributed by atoms with E-state index in [1.165, 1.54) is 0 Å². The number of carbonyl (C=O) groups is 1. The van der Waals surface area contributed by atoms with Gasteiger partial charge in [0, 0.05) is 14.1 Å². The van der Waals surface area contributed by atoms with Crippen molar-refractivity contribution in [3.8, 4) is 0 Å². The van der Waals surface area contributed by atoms with Crippen LogP contribution in [0.1, 0.15) is 6.42 Å². The van der Waals surface area contributed by atoms with Gasteiger partial charge in [0.2, 0.25) is 5.91 Å². The molecule has 3 heteroatoms. The van der Waals surface area contributed by atoms with Gasteiger partial charge in [-0.05, 0) is 5.20 Å². The third-order valence-corrected chi connectivity index (χ3v) is 4.11. The molecule has 0 fully saturated rings. The molecule has 0 atom stereocenters. The number of amides is 1. The second-order valence-electron chi connectivity index (χ2n) is 4.37. The molecule has 0 aromatic carbocycles. The third kappa shape index (κ3) is 4.11. The molecule has 0 aliphatic heterocycles. The van der Waals surface area contributed by atoms with Crippen LogP contribution in [0.3, 0.4) is 0 Å². The molecule has 0 saturated carbocycles. The van der Waals surface area contributed by atoms with Crippen molar-refractivity contribution in [1.82, 2.24) is 4.90 Å². The molecule has 74 valence electrons. The van der Waals surface area contributed by atoms with Crippen LogP contribution in [0, 0.1) is 0 Å². The molecule has 0 spiro atoms. The van der Waals surface area contributed by atoms with Gasteiger partial charge in [0.05, 0.1) is 14.5 Å². The molecule has 0 aromatic heterocycles. The van der Waals surface area contributed by atoms with Gasteiger partial charge >= 0.3 is 0 Å². The lowest BCUT2D eigenvalue weighted by atomic mass is 10.3. The van der Waals surface area contributed by atoms with E-state index in [2.05, 4.69) is 32.0 Å². The van der Waals surface area contributed by atoms with E-state index in [9.17, 15) is 4.79 Å². The van der Waals surface area contributed by atoms with Crippen molar-refractivity contribution >= 4 is 14.0 Å². The molecule has 0 N–H and O–H groups in total.